The minimum Gasteiger partial charge on any atom is -0.382 e. The second-order valence-electron chi connectivity index (χ2n) is 4.52. The highest BCUT2D eigenvalue weighted by Gasteiger charge is 2.27. The molecule has 92 valence electrons. The van der Waals surface area contributed by atoms with Crippen LogP contribution in [0.1, 0.15) is 13.3 Å². The first-order valence-corrected chi connectivity index (χ1v) is 5.83. The lowest BCUT2D eigenvalue weighted by Gasteiger charge is -2.19. The molecule has 1 N–H and O–H groups in total. The zero-order valence-corrected chi connectivity index (χ0v) is 10.1. The van der Waals surface area contributed by atoms with Crippen LogP contribution in [0.5, 0.6) is 0 Å². The highest BCUT2D eigenvalue weighted by atomic mass is 16.6. The van der Waals surface area contributed by atoms with Crippen molar-refractivity contribution in [2.75, 3.05) is 30.4 Å². The van der Waals surface area contributed by atoms with Gasteiger partial charge < -0.3 is 10.2 Å². The van der Waals surface area contributed by atoms with E-state index in [1.165, 1.54) is 0 Å². The predicted octanol–water partition coefficient (Wildman–Crippen LogP) is 2.48. The van der Waals surface area contributed by atoms with Crippen LogP contribution in [0.3, 0.4) is 0 Å². The van der Waals surface area contributed by atoms with E-state index in [0.717, 1.165) is 25.2 Å². The molecule has 0 spiro atoms. The summed E-state index contributed by atoms with van der Waals surface area (Å²) in [4.78, 5) is 13.0. The Labute approximate surface area is 101 Å². The van der Waals surface area contributed by atoms with Gasteiger partial charge in [0.25, 0.3) is 0 Å². The Hall–Kier alpha value is -1.78. The van der Waals surface area contributed by atoms with Gasteiger partial charge in [-0.15, -0.1) is 0 Å². The second kappa shape index (κ2) is 4.61. The van der Waals surface area contributed by atoms with Gasteiger partial charge in [0.2, 0.25) is 0 Å². The summed E-state index contributed by atoms with van der Waals surface area (Å²) < 4.78 is 0. The van der Waals surface area contributed by atoms with Crippen LogP contribution in [0, 0.1) is 16.0 Å². The summed E-state index contributed by atoms with van der Waals surface area (Å²) in [5.41, 5.74) is 1.49. The van der Waals surface area contributed by atoms with E-state index in [1.54, 1.807) is 13.1 Å². The third-order valence-corrected chi connectivity index (χ3v) is 3.23. The van der Waals surface area contributed by atoms with Crippen molar-refractivity contribution >= 4 is 17.1 Å². The van der Waals surface area contributed by atoms with Gasteiger partial charge >= 0.3 is 5.69 Å². The fourth-order valence-electron chi connectivity index (χ4n) is 2.33. The summed E-state index contributed by atoms with van der Waals surface area (Å²) in [5, 5.41) is 14.1. The Balaban J connectivity index is 2.42. The third kappa shape index (κ3) is 2.18. The maximum atomic E-state index is 11.2. The van der Waals surface area contributed by atoms with Gasteiger partial charge in [0, 0.05) is 20.1 Å². The molecule has 0 bridgehead atoms. The molecule has 1 fully saturated rings. The number of anilines is 2. The number of nitrogens with one attached hydrogen (secondary N) is 1. The second-order valence-corrected chi connectivity index (χ2v) is 4.52. The molecule has 1 heterocycles. The standard InChI is InChI=1S/C12H17N3O2/c1-9-6-7-14(8-9)11-5-3-4-10(13-2)12(11)15(16)17/h3-5,9,13H,6-8H2,1-2H3. The number of nitro benzene ring substituents is 1. The minimum atomic E-state index is -0.301. The predicted molar refractivity (Wildman–Crippen MR) is 68.6 cm³/mol. The molecule has 0 aliphatic carbocycles. The number of nitro groups is 1. The first-order valence-electron chi connectivity index (χ1n) is 5.83. The number of para-hydroxylation sites is 1. The van der Waals surface area contributed by atoms with Gasteiger partial charge in [-0.25, -0.2) is 0 Å². The number of nitrogens with zero attached hydrogens (tertiary/aromatic N) is 2. The maximum Gasteiger partial charge on any atom is 0.315 e. The molecule has 1 aromatic rings. The number of hydrogen-bond acceptors (Lipinski definition) is 4. The first kappa shape index (κ1) is 11.7. The van der Waals surface area contributed by atoms with Gasteiger partial charge in [0.15, 0.2) is 0 Å². The molecule has 0 aromatic heterocycles. The van der Waals surface area contributed by atoms with Crippen LogP contribution in [-0.4, -0.2) is 25.1 Å². The molecule has 5 nitrogen and oxygen atoms in total. The number of rotatable bonds is 3. The van der Waals surface area contributed by atoms with Crippen molar-refractivity contribution in [1.29, 1.82) is 0 Å². The van der Waals surface area contributed by atoms with Gasteiger partial charge in [-0.05, 0) is 24.5 Å². The Morgan fingerprint density at radius 1 is 1.53 bits per heavy atom. The zero-order chi connectivity index (χ0) is 12.4. The topological polar surface area (TPSA) is 58.4 Å². The molecule has 1 atom stereocenters. The van der Waals surface area contributed by atoms with Gasteiger partial charge in [-0.3, -0.25) is 10.1 Å². The fraction of sp³-hybridized carbons (Fsp3) is 0.500. The van der Waals surface area contributed by atoms with E-state index in [0.29, 0.717) is 11.6 Å². The monoisotopic (exact) mass is 235 g/mol. The molecule has 0 saturated carbocycles. The van der Waals surface area contributed by atoms with E-state index >= 15 is 0 Å². The van der Waals surface area contributed by atoms with Crippen molar-refractivity contribution in [3.05, 3.63) is 28.3 Å². The van der Waals surface area contributed by atoms with Gasteiger partial charge in [-0.1, -0.05) is 13.0 Å². The van der Waals surface area contributed by atoms with E-state index < -0.39 is 0 Å². The fourth-order valence-corrected chi connectivity index (χ4v) is 2.33. The van der Waals surface area contributed by atoms with Crippen LogP contribution in [-0.2, 0) is 0 Å². The molecule has 1 aliphatic rings. The Morgan fingerprint density at radius 3 is 2.82 bits per heavy atom. The van der Waals surface area contributed by atoms with Crippen molar-refractivity contribution in [2.45, 2.75) is 13.3 Å². The van der Waals surface area contributed by atoms with E-state index in [-0.39, 0.29) is 10.6 Å². The molecule has 1 aliphatic heterocycles. The number of benzene rings is 1. The van der Waals surface area contributed by atoms with Crippen molar-refractivity contribution < 1.29 is 4.92 Å². The lowest BCUT2D eigenvalue weighted by molar-refractivity contribution is -0.383. The van der Waals surface area contributed by atoms with Crippen LogP contribution in [0.4, 0.5) is 17.1 Å². The molecule has 17 heavy (non-hydrogen) atoms. The highest BCUT2D eigenvalue weighted by Crippen LogP contribution is 2.37. The van der Waals surface area contributed by atoms with Crippen LogP contribution < -0.4 is 10.2 Å². The summed E-state index contributed by atoms with van der Waals surface area (Å²) >= 11 is 0. The molecule has 1 aromatic carbocycles. The van der Waals surface area contributed by atoms with Gasteiger partial charge in [-0.2, -0.15) is 0 Å². The average molecular weight is 235 g/mol. The molecule has 5 heteroatoms. The van der Waals surface area contributed by atoms with Crippen LogP contribution in [0.25, 0.3) is 0 Å². The Kier molecular flexibility index (Phi) is 3.17. The summed E-state index contributed by atoms with van der Waals surface area (Å²) in [5.74, 6) is 0.604. The summed E-state index contributed by atoms with van der Waals surface area (Å²) in [6.45, 7) is 3.97. The van der Waals surface area contributed by atoms with Crippen LogP contribution in [0.2, 0.25) is 0 Å². The Morgan fingerprint density at radius 2 is 2.29 bits per heavy atom. The lowest BCUT2D eigenvalue weighted by atomic mass is 10.2. The van der Waals surface area contributed by atoms with E-state index in [9.17, 15) is 10.1 Å². The third-order valence-electron chi connectivity index (χ3n) is 3.23. The highest BCUT2D eigenvalue weighted by molar-refractivity contribution is 5.77. The largest absolute Gasteiger partial charge is 0.382 e. The van der Waals surface area contributed by atoms with Gasteiger partial charge in [0.05, 0.1) is 4.92 Å². The first-order chi connectivity index (χ1) is 8.13. The molecule has 0 radical (unpaired) electrons. The molecular formula is C12H17N3O2. The average Bonchev–Trinajstić information content (AvgIpc) is 2.74. The molecule has 1 saturated heterocycles. The molecule has 0 amide bonds. The molecule has 1 unspecified atom stereocenters. The van der Waals surface area contributed by atoms with E-state index in [1.807, 2.05) is 12.1 Å². The van der Waals surface area contributed by atoms with Crippen LogP contribution in [0.15, 0.2) is 18.2 Å². The summed E-state index contributed by atoms with van der Waals surface area (Å²) in [6.07, 6.45) is 1.10. The Bertz CT molecular complexity index is 434. The number of hydrogen-bond donors (Lipinski definition) is 1. The van der Waals surface area contributed by atoms with Gasteiger partial charge in [0.1, 0.15) is 11.4 Å². The quantitative estimate of drug-likeness (QED) is 0.646. The summed E-state index contributed by atoms with van der Waals surface area (Å²) in [6, 6.07) is 5.43. The van der Waals surface area contributed by atoms with Crippen LogP contribution >= 0.6 is 0 Å². The van der Waals surface area contributed by atoms with E-state index in [2.05, 4.69) is 17.1 Å². The minimum absolute atomic E-state index is 0.184. The maximum absolute atomic E-state index is 11.2. The smallest absolute Gasteiger partial charge is 0.315 e. The van der Waals surface area contributed by atoms with E-state index in [4.69, 9.17) is 0 Å². The lowest BCUT2D eigenvalue weighted by Crippen LogP contribution is -2.20. The molecular weight excluding hydrogens is 218 g/mol. The van der Waals surface area contributed by atoms with Crippen molar-refractivity contribution in [1.82, 2.24) is 0 Å². The SMILES string of the molecule is CNc1cccc(N2CCC(C)C2)c1[N+](=O)[O-]. The van der Waals surface area contributed by atoms with Crippen molar-refractivity contribution in [2.24, 2.45) is 5.92 Å². The normalized spacial score (nSPS) is 19.4. The zero-order valence-electron chi connectivity index (χ0n) is 10.1. The molecule has 2 rings (SSSR count). The summed E-state index contributed by atoms with van der Waals surface area (Å²) in [7, 11) is 1.71. The van der Waals surface area contributed by atoms with Crippen molar-refractivity contribution in [3.63, 3.8) is 0 Å². The van der Waals surface area contributed by atoms with Crippen molar-refractivity contribution in [3.8, 4) is 0 Å².